The average molecular weight is 262 g/mol. The van der Waals surface area contributed by atoms with Crippen molar-refractivity contribution < 1.29 is 4.74 Å². The van der Waals surface area contributed by atoms with E-state index in [0.717, 1.165) is 24.6 Å². The zero-order valence-electron chi connectivity index (χ0n) is 12.4. The maximum absolute atomic E-state index is 5.74. The molecule has 0 atom stereocenters. The number of nitrogens with one attached hydrogen (secondary N) is 1. The van der Waals surface area contributed by atoms with Crippen LogP contribution in [-0.4, -0.2) is 17.6 Å². The van der Waals surface area contributed by atoms with Gasteiger partial charge in [-0.25, -0.2) is 4.98 Å². The third-order valence-corrected chi connectivity index (χ3v) is 3.91. The van der Waals surface area contributed by atoms with Crippen LogP contribution in [0, 0.1) is 5.41 Å². The van der Waals surface area contributed by atoms with Gasteiger partial charge in [-0.05, 0) is 49.7 Å². The van der Waals surface area contributed by atoms with Gasteiger partial charge in [0.25, 0.3) is 0 Å². The Kier molecular flexibility index (Phi) is 4.67. The van der Waals surface area contributed by atoms with E-state index in [1.165, 1.54) is 25.7 Å². The number of hydrogen-bond acceptors (Lipinski definition) is 3. The van der Waals surface area contributed by atoms with Crippen LogP contribution in [0.3, 0.4) is 0 Å². The van der Waals surface area contributed by atoms with Crippen molar-refractivity contribution in [3.8, 4) is 5.75 Å². The summed E-state index contributed by atoms with van der Waals surface area (Å²) in [6.45, 7) is 7.59. The Morgan fingerprint density at radius 1 is 1.37 bits per heavy atom. The first-order chi connectivity index (χ1) is 9.11. The quantitative estimate of drug-likeness (QED) is 0.861. The molecule has 0 aromatic carbocycles. The molecule has 2 rings (SSSR count). The van der Waals surface area contributed by atoms with E-state index in [2.05, 4.69) is 31.1 Å². The monoisotopic (exact) mass is 262 g/mol. The SMILES string of the molecule is CCCOc1cccnc1NC1CCC(C)(C)CC1. The van der Waals surface area contributed by atoms with Gasteiger partial charge in [0, 0.05) is 12.2 Å². The molecule has 3 heteroatoms. The van der Waals surface area contributed by atoms with Gasteiger partial charge in [0.2, 0.25) is 0 Å². The molecule has 1 heterocycles. The number of pyridine rings is 1. The first kappa shape index (κ1) is 14.2. The van der Waals surface area contributed by atoms with Gasteiger partial charge in [0.05, 0.1) is 6.61 Å². The number of hydrogen-bond donors (Lipinski definition) is 1. The van der Waals surface area contributed by atoms with Crippen molar-refractivity contribution in [3.63, 3.8) is 0 Å². The fourth-order valence-electron chi connectivity index (χ4n) is 2.56. The Balaban J connectivity index is 1.95. The van der Waals surface area contributed by atoms with Crippen LogP contribution in [0.1, 0.15) is 52.9 Å². The summed E-state index contributed by atoms with van der Waals surface area (Å²) in [5.74, 6) is 1.79. The van der Waals surface area contributed by atoms with Gasteiger partial charge in [0.1, 0.15) is 0 Å². The molecule has 0 saturated heterocycles. The third-order valence-electron chi connectivity index (χ3n) is 3.91. The van der Waals surface area contributed by atoms with E-state index >= 15 is 0 Å². The molecule has 1 aliphatic rings. The van der Waals surface area contributed by atoms with Gasteiger partial charge in [0.15, 0.2) is 11.6 Å². The van der Waals surface area contributed by atoms with Crippen molar-refractivity contribution >= 4 is 5.82 Å². The molecule has 3 nitrogen and oxygen atoms in total. The fourth-order valence-corrected chi connectivity index (χ4v) is 2.56. The Labute approximate surface area is 116 Å². The third kappa shape index (κ3) is 4.12. The molecule has 0 radical (unpaired) electrons. The first-order valence-electron chi connectivity index (χ1n) is 7.45. The highest BCUT2D eigenvalue weighted by atomic mass is 16.5. The minimum Gasteiger partial charge on any atom is -0.490 e. The number of nitrogens with zero attached hydrogens (tertiary/aromatic N) is 1. The van der Waals surface area contributed by atoms with Crippen LogP contribution in [0.25, 0.3) is 0 Å². The summed E-state index contributed by atoms with van der Waals surface area (Å²) in [6, 6.07) is 4.46. The van der Waals surface area contributed by atoms with Crippen molar-refractivity contribution in [1.29, 1.82) is 0 Å². The molecule has 19 heavy (non-hydrogen) atoms. The summed E-state index contributed by atoms with van der Waals surface area (Å²) in [6.07, 6.45) is 7.85. The zero-order chi connectivity index (χ0) is 13.7. The van der Waals surface area contributed by atoms with Crippen molar-refractivity contribution in [2.75, 3.05) is 11.9 Å². The molecule has 0 amide bonds. The molecular formula is C16H26N2O. The van der Waals surface area contributed by atoms with Crippen molar-refractivity contribution in [2.45, 2.75) is 58.9 Å². The minimum atomic E-state index is 0.504. The van der Waals surface area contributed by atoms with Gasteiger partial charge in [-0.2, -0.15) is 0 Å². The highest BCUT2D eigenvalue weighted by Gasteiger charge is 2.27. The molecule has 1 fully saturated rings. The predicted molar refractivity (Wildman–Crippen MR) is 79.7 cm³/mol. The Morgan fingerprint density at radius 3 is 2.79 bits per heavy atom. The minimum absolute atomic E-state index is 0.504. The molecule has 1 aromatic heterocycles. The molecular weight excluding hydrogens is 236 g/mol. The summed E-state index contributed by atoms with van der Waals surface area (Å²) in [5.41, 5.74) is 0.504. The maximum atomic E-state index is 5.74. The van der Waals surface area contributed by atoms with E-state index in [-0.39, 0.29) is 0 Å². The van der Waals surface area contributed by atoms with Gasteiger partial charge in [-0.15, -0.1) is 0 Å². The summed E-state index contributed by atoms with van der Waals surface area (Å²) >= 11 is 0. The Hall–Kier alpha value is -1.25. The van der Waals surface area contributed by atoms with E-state index in [0.29, 0.717) is 11.5 Å². The van der Waals surface area contributed by atoms with Crippen LogP contribution >= 0.6 is 0 Å². The van der Waals surface area contributed by atoms with E-state index < -0.39 is 0 Å². The van der Waals surface area contributed by atoms with Crippen molar-refractivity contribution in [2.24, 2.45) is 5.41 Å². The second kappa shape index (κ2) is 6.27. The maximum Gasteiger partial charge on any atom is 0.168 e. The van der Waals surface area contributed by atoms with Crippen LogP contribution in [-0.2, 0) is 0 Å². The summed E-state index contributed by atoms with van der Waals surface area (Å²) in [4.78, 5) is 4.43. The van der Waals surface area contributed by atoms with E-state index in [4.69, 9.17) is 4.74 Å². The van der Waals surface area contributed by atoms with E-state index in [9.17, 15) is 0 Å². The largest absolute Gasteiger partial charge is 0.490 e. The van der Waals surface area contributed by atoms with Crippen LogP contribution in [0.15, 0.2) is 18.3 Å². The van der Waals surface area contributed by atoms with E-state index in [1.807, 2.05) is 18.3 Å². The van der Waals surface area contributed by atoms with Crippen molar-refractivity contribution in [3.05, 3.63) is 18.3 Å². The molecule has 0 bridgehead atoms. The van der Waals surface area contributed by atoms with Crippen LogP contribution in [0.4, 0.5) is 5.82 Å². The molecule has 0 aliphatic heterocycles. The topological polar surface area (TPSA) is 34.1 Å². The molecule has 0 spiro atoms. The Morgan fingerprint density at radius 2 is 2.11 bits per heavy atom. The normalized spacial score (nSPS) is 19.1. The lowest BCUT2D eigenvalue weighted by atomic mass is 9.75. The average Bonchev–Trinajstić information content (AvgIpc) is 2.40. The fraction of sp³-hybridized carbons (Fsp3) is 0.688. The summed E-state index contributed by atoms with van der Waals surface area (Å²) < 4.78 is 5.74. The van der Waals surface area contributed by atoms with Gasteiger partial charge in [-0.1, -0.05) is 20.8 Å². The molecule has 1 aliphatic carbocycles. The second-order valence-corrected chi connectivity index (χ2v) is 6.28. The number of rotatable bonds is 5. The predicted octanol–water partition coefficient (Wildman–Crippen LogP) is 4.25. The summed E-state index contributed by atoms with van der Waals surface area (Å²) in [5, 5.41) is 3.56. The molecule has 106 valence electrons. The highest BCUT2D eigenvalue weighted by molar-refractivity contribution is 5.50. The van der Waals surface area contributed by atoms with Crippen molar-refractivity contribution in [1.82, 2.24) is 4.98 Å². The second-order valence-electron chi connectivity index (χ2n) is 6.28. The van der Waals surface area contributed by atoms with Crippen LogP contribution in [0.5, 0.6) is 5.75 Å². The van der Waals surface area contributed by atoms with Gasteiger partial charge in [-0.3, -0.25) is 0 Å². The molecule has 0 unspecified atom stereocenters. The number of aromatic nitrogens is 1. The van der Waals surface area contributed by atoms with Crippen LogP contribution < -0.4 is 10.1 Å². The molecule has 1 saturated carbocycles. The lowest BCUT2D eigenvalue weighted by Gasteiger charge is -2.35. The summed E-state index contributed by atoms with van der Waals surface area (Å²) in [7, 11) is 0. The van der Waals surface area contributed by atoms with E-state index in [1.54, 1.807) is 0 Å². The van der Waals surface area contributed by atoms with Gasteiger partial charge >= 0.3 is 0 Å². The standard InChI is InChI=1S/C16H26N2O/c1-4-12-19-14-6-5-11-17-15(14)18-13-7-9-16(2,3)10-8-13/h5-6,11,13H,4,7-10,12H2,1-3H3,(H,17,18). The lowest BCUT2D eigenvalue weighted by Crippen LogP contribution is -2.30. The number of anilines is 1. The Bertz CT molecular complexity index is 393. The molecule has 1 aromatic rings. The zero-order valence-corrected chi connectivity index (χ0v) is 12.4. The number of ether oxygens (including phenoxy) is 1. The van der Waals surface area contributed by atoms with Gasteiger partial charge < -0.3 is 10.1 Å². The smallest absolute Gasteiger partial charge is 0.168 e. The van der Waals surface area contributed by atoms with Crippen LogP contribution in [0.2, 0.25) is 0 Å². The first-order valence-corrected chi connectivity index (χ1v) is 7.45. The lowest BCUT2D eigenvalue weighted by molar-refractivity contribution is 0.232. The molecule has 1 N–H and O–H groups in total. The highest BCUT2D eigenvalue weighted by Crippen LogP contribution is 2.36.